The lowest BCUT2D eigenvalue weighted by Crippen LogP contribution is -2.47. The molecule has 0 aliphatic carbocycles. The molecule has 1 heterocycles. The molecule has 0 aromatic heterocycles. The number of hydrogen-bond acceptors (Lipinski definition) is 2. The standard InChI is InChI=1S/C16H22BrFN2O/c1-11(2)20-8-6-13(7-9-20)19(3)16(21)14-10-12(17)4-5-15(14)18/h4-5,10-11,13H,6-9H2,1-3H3. The Balaban J connectivity index is 2.05. The highest BCUT2D eigenvalue weighted by Gasteiger charge is 2.27. The summed E-state index contributed by atoms with van der Waals surface area (Å²) < 4.78 is 14.6. The van der Waals surface area contributed by atoms with Gasteiger partial charge in [-0.2, -0.15) is 0 Å². The van der Waals surface area contributed by atoms with Gasteiger partial charge in [-0.05, 0) is 44.9 Å². The molecule has 5 heteroatoms. The van der Waals surface area contributed by atoms with E-state index < -0.39 is 5.82 Å². The van der Waals surface area contributed by atoms with Crippen molar-refractivity contribution in [3.05, 3.63) is 34.1 Å². The Morgan fingerprint density at radius 2 is 2.00 bits per heavy atom. The first kappa shape index (κ1) is 16.4. The quantitative estimate of drug-likeness (QED) is 0.826. The molecule has 1 amide bonds. The maximum atomic E-state index is 13.8. The van der Waals surface area contributed by atoms with Gasteiger partial charge in [-0.3, -0.25) is 4.79 Å². The number of likely N-dealkylation sites (tertiary alicyclic amines) is 1. The van der Waals surface area contributed by atoms with E-state index in [9.17, 15) is 9.18 Å². The molecule has 21 heavy (non-hydrogen) atoms. The maximum absolute atomic E-state index is 13.8. The highest BCUT2D eigenvalue weighted by atomic mass is 79.9. The average Bonchev–Trinajstić information content (AvgIpc) is 2.48. The lowest BCUT2D eigenvalue weighted by molar-refractivity contribution is 0.0611. The van der Waals surface area contributed by atoms with Crippen molar-refractivity contribution in [1.82, 2.24) is 9.80 Å². The van der Waals surface area contributed by atoms with Crippen LogP contribution in [0, 0.1) is 5.82 Å². The Bertz CT molecular complexity index is 513. The van der Waals surface area contributed by atoms with Gasteiger partial charge in [0.25, 0.3) is 5.91 Å². The number of amides is 1. The van der Waals surface area contributed by atoms with E-state index in [0.29, 0.717) is 6.04 Å². The van der Waals surface area contributed by atoms with E-state index in [4.69, 9.17) is 0 Å². The Morgan fingerprint density at radius 1 is 1.38 bits per heavy atom. The second-order valence-corrected chi connectivity index (χ2v) is 6.82. The molecule has 0 N–H and O–H groups in total. The first-order valence-corrected chi connectivity index (χ1v) is 8.15. The lowest BCUT2D eigenvalue weighted by Gasteiger charge is -2.38. The molecule has 2 rings (SSSR count). The lowest BCUT2D eigenvalue weighted by atomic mass is 10.0. The fourth-order valence-corrected chi connectivity index (χ4v) is 3.17. The number of carbonyl (C=O) groups is 1. The fraction of sp³-hybridized carbons (Fsp3) is 0.562. The molecule has 1 aromatic carbocycles. The predicted octanol–water partition coefficient (Wildman–Crippen LogP) is 3.53. The zero-order valence-corrected chi connectivity index (χ0v) is 14.4. The summed E-state index contributed by atoms with van der Waals surface area (Å²) in [5.74, 6) is -0.702. The smallest absolute Gasteiger partial charge is 0.256 e. The van der Waals surface area contributed by atoms with Crippen LogP contribution in [-0.2, 0) is 0 Å². The van der Waals surface area contributed by atoms with Crippen LogP contribution >= 0.6 is 15.9 Å². The number of halogens is 2. The van der Waals surface area contributed by atoms with Gasteiger partial charge in [0.15, 0.2) is 0 Å². The minimum Gasteiger partial charge on any atom is -0.339 e. The molecule has 0 spiro atoms. The normalized spacial score (nSPS) is 17.2. The zero-order valence-electron chi connectivity index (χ0n) is 12.8. The van der Waals surface area contributed by atoms with E-state index in [0.717, 1.165) is 30.4 Å². The van der Waals surface area contributed by atoms with Gasteiger partial charge < -0.3 is 9.80 Å². The second-order valence-electron chi connectivity index (χ2n) is 5.90. The highest BCUT2D eigenvalue weighted by molar-refractivity contribution is 9.10. The van der Waals surface area contributed by atoms with Crippen molar-refractivity contribution < 1.29 is 9.18 Å². The minimum absolute atomic E-state index is 0.137. The van der Waals surface area contributed by atoms with E-state index in [-0.39, 0.29) is 17.5 Å². The number of carbonyl (C=O) groups excluding carboxylic acids is 1. The molecule has 1 fully saturated rings. The molecule has 1 aromatic rings. The van der Waals surface area contributed by atoms with Crippen molar-refractivity contribution >= 4 is 21.8 Å². The molecular formula is C16H22BrFN2O. The minimum atomic E-state index is -0.463. The van der Waals surface area contributed by atoms with Gasteiger partial charge in [0.1, 0.15) is 5.82 Å². The van der Waals surface area contributed by atoms with Gasteiger partial charge in [-0.15, -0.1) is 0 Å². The van der Waals surface area contributed by atoms with E-state index in [2.05, 4.69) is 34.7 Å². The Morgan fingerprint density at radius 3 is 2.57 bits per heavy atom. The van der Waals surface area contributed by atoms with Crippen molar-refractivity contribution in [3.63, 3.8) is 0 Å². The highest BCUT2D eigenvalue weighted by Crippen LogP contribution is 2.22. The van der Waals surface area contributed by atoms with Crippen LogP contribution in [-0.4, -0.2) is 47.9 Å². The molecule has 3 nitrogen and oxygen atoms in total. The zero-order chi connectivity index (χ0) is 15.6. The summed E-state index contributed by atoms with van der Waals surface area (Å²) in [5, 5.41) is 0. The molecule has 0 unspecified atom stereocenters. The number of piperidine rings is 1. The molecular weight excluding hydrogens is 335 g/mol. The van der Waals surface area contributed by atoms with Crippen molar-refractivity contribution in [1.29, 1.82) is 0 Å². The third-order valence-corrected chi connectivity index (χ3v) is 4.75. The van der Waals surface area contributed by atoms with Crippen LogP contribution in [0.1, 0.15) is 37.0 Å². The molecule has 116 valence electrons. The molecule has 0 atom stereocenters. The van der Waals surface area contributed by atoms with E-state index in [1.165, 1.54) is 6.07 Å². The van der Waals surface area contributed by atoms with Gasteiger partial charge in [0.05, 0.1) is 5.56 Å². The SMILES string of the molecule is CC(C)N1CCC(N(C)C(=O)c2cc(Br)ccc2F)CC1. The first-order valence-electron chi connectivity index (χ1n) is 7.36. The first-order chi connectivity index (χ1) is 9.90. The molecule has 0 radical (unpaired) electrons. The Labute approximate surface area is 134 Å². The second kappa shape index (κ2) is 6.88. The number of benzene rings is 1. The predicted molar refractivity (Wildman–Crippen MR) is 85.9 cm³/mol. The van der Waals surface area contributed by atoms with E-state index in [1.807, 2.05) is 0 Å². The van der Waals surface area contributed by atoms with Crippen LogP contribution in [0.15, 0.2) is 22.7 Å². The third kappa shape index (κ3) is 3.83. The van der Waals surface area contributed by atoms with Gasteiger partial charge in [-0.25, -0.2) is 4.39 Å². The topological polar surface area (TPSA) is 23.6 Å². The molecule has 0 saturated carbocycles. The summed E-state index contributed by atoms with van der Waals surface area (Å²) in [6.45, 7) is 6.35. The van der Waals surface area contributed by atoms with Crippen molar-refractivity contribution in [2.45, 2.75) is 38.8 Å². The van der Waals surface area contributed by atoms with Crippen molar-refractivity contribution in [3.8, 4) is 0 Å². The molecule has 1 saturated heterocycles. The monoisotopic (exact) mass is 356 g/mol. The van der Waals surface area contributed by atoms with Crippen molar-refractivity contribution in [2.75, 3.05) is 20.1 Å². The Hall–Kier alpha value is -0.940. The Kier molecular flexibility index (Phi) is 5.38. The van der Waals surface area contributed by atoms with Crippen LogP contribution in [0.3, 0.4) is 0 Å². The van der Waals surface area contributed by atoms with Crippen LogP contribution in [0.25, 0.3) is 0 Å². The van der Waals surface area contributed by atoms with Crippen molar-refractivity contribution in [2.24, 2.45) is 0 Å². The summed E-state index contributed by atoms with van der Waals surface area (Å²) in [7, 11) is 1.78. The van der Waals surface area contributed by atoms with Gasteiger partial charge in [0.2, 0.25) is 0 Å². The van der Waals surface area contributed by atoms with Crippen LogP contribution in [0.2, 0.25) is 0 Å². The largest absolute Gasteiger partial charge is 0.339 e. The third-order valence-electron chi connectivity index (χ3n) is 4.26. The summed E-state index contributed by atoms with van der Waals surface area (Å²) in [4.78, 5) is 16.6. The van der Waals surface area contributed by atoms with Crippen LogP contribution < -0.4 is 0 Å². The molecule has 0 bridgehead atoms. The summed E-state index contributed by atoms with van der Waals surface area (Å²) >= 11 is 3.29. The fourth-order valence-electron chi connectivity index (χ4n) is 2.81. The van der Waals surface area contributed by atoms with E-state index >= 15 is 0 Å². The molecule has 1 aliphatic heterocycles. The number of rotatable bonds is 3. The number of nitrogens with zero attached hydrogens (tertiary/aromatic N) is 2. The van der Waals surface area contributed by atoms with Gasteiger partial charge >= 0.3 is 0 Å². The molecule has 1 aliphatic rings. The summed E-state index contributed by atoms with van der Waals surface area (Å²) in [6, 6.07) is 5.21. The van der Waals surface area contributed by atoms with E-state index in [1.54, 1.807) is 24.1 Å². The number of hydrogen-bond donors (Lipinski definition) is 0. The van der Waals surface area contributed by atoms with Gasteiger partial charge in [-0.1, -0.05) is 15.9 Å². The summed E-state index contributed by atoms with van der Waals surface area (Å²) in [6.07, 6.45) is 1.88. The maximum Gasteiger partial charge on any atom is 0.256 e. The summed E-state index contributed by atoms with van der Waals surface area (Å²) in [5.41, 5.74) is 0.137. The average molecular weight is 357 g/mol. The van der Waals surface area contributed by atoms with Crippen LogP contribution in [0.4, 0.5) is 4.39 Å². The van der Waals surface area contributed by atoms with Crippen LogP contribution in [0.5, 0.6) is 0 Å². The van der Waals surface area contributed by atoms with Gasteiger partial charge in [0, 0.05) is 36.7 Å².